The Hall–Kier alpha value is -1.46. The monoisotopic (exact) mass is 370 g/mol. The third-order valence-corrected chi connectivity index (χ3v) is 4.42. The van der Waals surface area contributed by atoms with E-state index in [9.17, 15) is 4.79 Å². The van der Waals surface area contributed by atoms with E-state index in [0.29, 0.717) is 25.5 Å². The summed E-state index contributed by atoms with van der Waals surface area (Å²) in [5.41, 5.74) is 1.02. The molecule has 1 aromatic rings. The number of benzene rings is 1. The van der Waals surface area contributed by atoms with E-state index in [1.807, 2.05) is 18.2 Å². The van der Waals surface area contributed by atoms with E-state index in [4.69, 9.17) is 9.47 Å². The van der Waals surface area contributed by atoms with Gasteiger partial charge in [0, 0.05) is 13.0 Å². The van der Waals surface area contributed by atoms with Crippen molar-refractivity contribution in [3.63, 3.8) is 0 Å². The molecule has 0 aromatic heterocycles. The van der Waals surface area contributed by atoms with E-state index in [-0.39, 0.29) is 18.3 Å². The van der Waals surface area contributed by atoms with Gasteiger partial charge in [-0.05, 0) is 56.0 Å². The van der Waals surface area contributed by atoms with Crippen molar-refractivity contribution in [3.8, 4) is 11.5 Å². The Morgan fingerprint density at radius 1 is 1.36 bits per heavy atom. The van der Waals surface area contributed by atoms with Crippen LogP contribution in [0.3, 0.4) is 0 Å². The van der Waals surface area contributed by atoms with Gasteiger partial charge in [0.05, 0.1) is 13.7 Å². The highest BCUT2D eigenvalue weighted by molar-refractivity contribution is 5.85. The van der Waals surface area contributed by atoms with Crippen molar-refractivity contribution < 1.29 is 14.3 Å². The Bertz CT molecular complexity index is 519. The van der Waals surface area contributed by atoms with Crippen LogP contribution < -0.4 is 20.1 Å². The molecule has 1 atom stereocenters. The standard InChI is InChI=1S/C19H30N2O3.ClH/c1-3-4-11-24-17-7-5-16(12-18(17)23-2)14-21-19(22)8-6-15-9-10-20-13-15;/h5,7,12,15,20H,3-4,6,8-11,13-14H2,1-2H3,(H,21,22);1H. The first-order chi connectivity index (χ1) is 11.7. The van der Waals surface area contributed by atoms with Crippen LogP contribution in [-0.2, 0) is 11.3 Å². The van der Waals surface area contributed by atoms with Crippen molar-refractivity contribution in [2.75, 3.05) is 26.8 Å². The number of nitrogens with one attached hydrogen (secondary N) is 2. The van der Waals surface area contributed by atoms with Crippen molar-refractivity contribution in [2.24, 2.45) is 5.92 Å². The molecule has 1 aliphatic rings. The first-order valence-electron chi connectivity index (χ1n) is 9.00. The molecule has 1 saturated heterocycles. The molecule has 0 bridgehead atoms. The Balaban J connectivity index is 0.00000312. The molecule has 0 radical (unpaired) electrons. The molecule has 2 N–H and O–H groups in total. The van der Waals surface area contributed by atoms with E-state index < -0.39 is 0 Å². The van der Waals surface area contributed by atoms with Crippen LogP contribution in [0, 0.1) is 5.92 Å². The SMILES string of the molecule is CCCCOc1ccc(CNC(=O)CCC2CCNC2)cc1OC.Cl. The number of rotatable bonds is 10. The maximum Gasteiger partial charge on any atom is 0.220 e. The predicted molar refractivity (Wildman–Crippen MR) is 103 cm³/mol. The van der Waals surface area contributed by atoms with Crippen molar-refractivity contribution >= 4 is 18.3 Å². The quantitative estimate of drug-likeness (QED) is 0.620. The van der Waals surface area contributed by atoms with Gasteiger partial charge < -0.3 is 20.1 Å². The molecule has 6 heteroatoms. The lowest BCUT2D eigenvalue weighted by atomic mass is 10.0. The van der Waals surface area contributed by atoms with Crippen LogP contribution in [0.25, 0.3) is 0 Å². The van der Waals surface area contributed by atoms with Crippen molar-refractivity contribution in [2.45, 2.75) is 45.6 Å². The Kier molecular flexibility index (Phi) is 10.3. The fraction of sp³-hybridized carbons (Fsp3) is 0.632. The molecule has 1 fully saturated rings. The summed E-state index contributed by atoms with van der Waals surface area (Å²) in [5, 5.41) is 6.32. The highest BCUT2D eigenvalue weighted by atomic mass is 35.5. The molecule has 1 aromatic carbocycles. The van der Waals surface area contributed by atoms with Crippen LogP contribution in [0.4, 0.5) is 0 Å². The number of carbonyl (C=O) groups is 1. The number of amides is 1. The summed E-state index contributed by atoms with van der Waals surface area (Å²) in [6.45, 7) is 5.48. The maximum absolute atomic E-state index is 12.0. The van der Waals surface area contributed by atoms with Gasteiger partial charge in [-0.25, -0.2) is 0 Å². The van der Waals surface area contributed by atoms with Gasteiger partial charge in [0.2, 0.25) is 5.91 Å². The average Bonchev–Trinajstić information content (AvgIpc) is 3.12. The summed E-state index contributed by atoms with van der Waals surface area (Å²) in [6.07, 6.45) is 4.87. The summed E-state index contributed by atoms with van der Waals surface area (Å²) >= 11 is 0. The maximum atomic E-state index is 12.0. The number of carbonyl (C=O) groups excluding carboxylic acids is 1. The highest BCUT2D eigenvalue weighted by Gasteiger charge is 2.15. The first-order valence-corrected chi connectivity index (χ1v) is 9.00. The molecule has 0 aliphatic carbocycles. The summed E-state index contributed by atoms with van der Waals surface area (Å²) in [5.74, 6) is 2.24. The lowest BCUT2D eigenvalue weighted by molar-refractivity contribution is -0.121. The lowest BCUT2D eigenvalue weighted by Gasteiger charge is -2.13. The van der Waals surface area contributed by atoms with Crippen LogP contribution in [0.2, 0.25) is 0 Å². The fourth-order valence-corrected chi connectivity index (χ4v) is 2.85. The first kappa shape index (κ1) is 21.6. The van der Waals surface area contributed by atoms with E-state index >= 15 is 0 Å². The van der Waals surface area contributed by atoms with Crippen LogP contribution in [-0.4, -0.2) is 32.7 Å². The molecule has 1 unspecified atom stereocenters. The largest absolute Gasteiger partial charge is 0.493 e. The molecular formula is C19H31ClN2O3. The smallest absolute Gasteiger partial charge is 0.220 e. The minimum absolute atomic E-state index is 0. The number of unbranched alkanes of at least 4 members (excludes halogenated alkanes) is 1. The van der Waals surface area contributed by atoms with Gasteiger partial charge in [0.25, 0.3) is 0 Å². The number of methoxy groups -OCH3 is 1. The number of halogens is 1. The number of ether oxygens (including phenoxy) is 2. The lowest BCUT2D eigenvalue weighted by Crippen LogP contribution is -2.23. The molecule has 1 heterocycles. The van der Waals surface area contributed by atoms with Gasteiger partial charge in [-0.15, -0.1) is 12.4 Å². The van der Waals surface area contributed by atoms with Gasteiger partial charge >= 0.3 is 0 Å². The zero-order valence-corrected chi connectivity index (χ0v) is 16.1. The Labute approximate surface area is 157 Å². The zero-order valence-electron chi connectivity index (χ0n) is 15.3. The fourth-order valence-electron chi connectivity index (χ4n) is 2.85. The van der Waals surface area contributed by atoms with Crippen LogP contribution in [0.5, 0.6) is 11.5 Å². The third-order valence-electron chi connectivity index (χ3n) is 4.42. The molecule has 2 rings (SSSR count). The second-order valence-corrected chi connectivity index (χ2v) is 6.36. The highest BCUT2D eigenvalue weighted by Crippen LogP contribution is 2.28. The topological polar surface area (TPSA) is 59.6 Å². The molecule has 142 valence electrons. The van der Waals surface area contributed by atoms with Gasteiger partial charge in [-0.3, -0.25) is 4.79 Å². The molecule has 0 saturated carbocycles. The van der Waals surface area contributed by atoms with Gasteiger partial charge in [-0.1, -0.05) is 19.4 Å². The van der Waals surface area contributed by atoms with E-state index in [1.165, 1.54) is 6.42 Å². The van der Waals surface area contributed by atoms with Crippen LogP contribution in [0.1, 0.15) is 44.6 Å². The Morgan fingerprint density at radius 3 is 2.88 bits per heavy atom. The summed E-state index contributed by atoms with van der Waals surface area (Å²) in [4.78, 5) is 12.0. The minimum Gasteiger partial charge on any atom is -0.493 e. The van der Waals surface area contributed by atoms with Gasteiger partial charge in [0.1, 0.15) is 0 Å². The van der Waals surface area contributed by atoms with Gasteiger partial charge in [-0.2, -0.15) is 0 Å². The normalized spacial score (nSPS) is 16.2. The second-order valence-electron chi connectivity index (χ2n) is 6.36. The molecule has 0 spiro atoms. The zero-order chi connectivity index (χ0) is 17.2. The predicted octanol–water partition coefficient (Wildman–Crippen LogP) is 3.30. The van der Waals surface area contributed by atoms with E-state index in [2.05, 4.69) is 17.6 Å². The minimum atomic E-state index is 0. The summed E-state index contributed by atoms with van der Waals surface area (Å²) in [6, 6.07) is 5.83. The summed E-state index contributed by atoms with van der Waals surface area (Å²) < 4.78 is 11.1. The molecular weight excluding hydrogens is 340 g/mol. The molecule has 5 nitrogen and oxygen atoms in total. The molecule has 1 amide bonds. The number of hydrogen-bond donors (Lipinski definition) is 2. The molecule has 25 heavy (non-hydrogen) atoms. The summed E-state index contributed by atoms with van der Waals surface area (Å²) in [7, 11) is 1.64. The van der Waals surface area contributed by atoms with E-state index in [1.54, 1.807) is 7.11 Å². The van der Waals surface area contributed by atoms with Gasteiger partial charge in [0.15, 0.2) is 11.5 Å². The van der Waals surface area contributed by atoms with Crippen LogP contribution in [0.15, 0.2) is 18.2 Å². The average molecular weight is 371 g/mol. The van der Waals surface area contributed by atoms with Crippen molar-refractivity contribution in [3.05, 3.63) is 23.8 Å². The number of hydrogen-bond acceptors (Lipinski definition) is 4. The van der Waals surface area contributed by atoms with Crippen molar-refractivity contribution in [1.82, 2.24) is 10.6 Å². The van der Waals surface area contributed by atoms with Crippen molar-refractivity contribution in [1.29, 1.82) is 0 Å². The Morgan fingerprint density at radius 2 is 2.20 bits per heavy atom. The van der Waals surface area contributed by atoms with Crippen LogP contribution >= 0.6 is 12.4 Å². The third kappa shape index (κ3) is 7.53. The molecule has 1 aliphatic heterocycles. The second kappa shape index (κ2) is 12.0. The van der Waals surface area contributed by atoms with E-state index in [0.717, 1.165) is 49.4 Å².